The molecule has 0 amide bonds. The van der Waals surface area contributed by atoms with Gasteiger partial charge in [-0.3, -0.25) is 15.6 Å². The molecular formula is C18H17BrN2O3S2. The molecule has 2 aromatic carbocycles. The highest BCUT2D eigenvalue weighted by molar-refractivity contribution is 9.10. The summed E-state index contributed by atoms with van der Waals surface area (Å²) >= 11 is 5.89. The van der Waals surface area contributed by atoms with Crippen molar-refractivity contribution in [2.24, 2.45) is 0 Å². The first-order valence-electron chi connectivity index (χ1n) is 7.55. The van der Waals surface area contributed by atoms with Crippen molar-refractivity contribution in [3.05, 3.63) is 58.1 Å². The average Bonchev–Trinajstić information content (AvgIpc) is 2.54. The summed E-state index contributed by atoms with van der Waals surface area (Å²) in [5.74, 6) is 0.859. The van der Waals surface area contributed by atoms with Crippen LogP contribution in [0, 0.1) is 10.8 Å². The Kier molecular flexibility index (Phi) is 7.74. The maximum atomic E-state index is 10.9. The lowest BCUT2D eigenvalue weighted by molar-refractivity contribution is -0.136. The number of aliphatic carboxylic acids is 1. The molecule has 0 radical (unpaired) electrons. The number of thioether (sulfide) groups is 2. The second-order valence-electron chi connectivity index (χ2n) is 5.31. The van der Waals surface area contributed by atoms with E-state index >= 15 is 0 Å². The lowest BCUT2D eigenvalue weighted by Crippen LogP contribution is -2.00. The second kappa shape index (κ2) is 9.80. The highest BCUT2D eigenvalue weighted by atomic mass is 79.9. The molecule has 8 heteroatoms. The van der Waals surface area contributed by atoms with E-state index in [2.05, 4.69) is 15.9 Å². The number of ether oxygens (including phenoxy) is 1. The molecule has 5 nitrogen and oxygen atoms in total. The van der Waals surface area contributed by atoms with Gasteiger partial charge in [0.2, 0.25) is 0 Å². The standard InChI is InChI=1S/C18H17BrN2O3S2/c1-11(20)26-18(21)25-10-13-9-14(19)5-6-16(13)24-15-4-2-3-12(7-15)8-17(22)23/h2-7,9,20-21H,8,10H2,1H3,(H,22,23). The van der Waals surface area contributed by atoms with E-state index in [1.165, 1.54) is 11.8 Å². The number of carbonyl (C=O) groups is 1. The van der Waals surface area contributed by atoms with Crippen LogP contribution in [0.15, 0.2) is 46.9 Å². The quantitative estimate of drug-likeness (QED) is 0.382. The van der Waals surface area contributed by atoms with Gasteiger partial charge in [-0.25, -0.2) is 0 Å². The molecule has 0 aliphatic heterocycles. The molecule has 0 aliphatic rings. The van der Waals surface area contributed by atoms with Crippen LogP contribution in [0.3, 0.4) is 0 Å². The third-order valence-electron chi connectivity index (χ3n) is 3.11. The van der Waals surface area contributed by atoms with Gasteiger partial charge in [-0.2, -0.15) is 0 Å². The van der Waals surface area contributed by atoms with Gasteiger partial charge in [0, 0.05) is 15.8 Å². The Morgan fingerprint density at radius 1 is 1.23 bits per heavy atom. The Morgan fingerprint density at radius 3 is 2.69 bits per heavy atom. The molecule has 2 aromatic rings. The summed E-state index contributed by atoms with van der Waals surface area (Å²) in [4.78, 5) is 10.9. The SMILES string of the molecule is CC(=N)SC(=N)SCc1cc(Br)ccc1Oc1cccc(CC(=O)O)c1. The maximum Gasteiger partial charge on any atom is 0.307 e. The molecule has 0 aromatic heterocycles. The Balaban J connectivity index is 2.15. The van der Waals surface area contributed by atoms with E-state index < -0.39 is 5.97 Å². The largest absolute Gasteiger partial charge is 0.481 e. The van der Waals surface area contributed by atoms with E-state index in [0.717, 1.165) is 21.8 Å². The van der Waals surface area contributed by atoms with Crippen LogP contribution in [0.25, 0.3) is 0 Å². The van der Waals surface area contributed by atoms with Crippen LogP contribution < -0.4 is 4.74 Å². The first kappa shape index (κ1) is 20.5. The fourth-order valence-corrected chi connectivity index (χ4v) is 4.08. The lowest BCUT2D eigenvalue weighted by Gasteiger charge is -2.12. The predicted molar refractivity (Wildman–Crippen MR) is 112 cm³/mol. The van der Waals surface area contributed by atoms with Crippen molar-refractivity contribution < 1.29 is 14.6 Å². The molecule has 0 aliphatic carbocycles. The molecular weight excluding hydrogens is 436 g/mol. The van der Waals surface area contributed by atoms with E-state index in [4.69, 9.17) is 20.7 Å². The Bertz CT molecular complexity index is 843. The smallest absolute Gasteiger partial charge is 0.307 e. The van der Waals surface area contributed by atoms with Crippen LogP contribution in [0.1, 0.15) is 18.1 Å². The summed E-state index contributed by atoms with van der Waals surface area (Å²) in [7, 11) is 0. The summed E-state index contributed by atoms with van der Waals surface area (Å²) in [5, 5.41) is 24.6. The summed E-state index contributed by atoms with van der Waals surface area (Å²) < 4.78 is 7.21. The van der Waals surface area contributed by atoms with Gasteiger partial charge in [-0.05, 0) is 54.6 Å². The molecule has 0 unspecified atom stereocenters. The fraction of sp³-hybridized carbons (Fsp3) is 0.167. The van der Waals surface area contributed by atoms with Crippen LogP contribution >= 0.6 is 39.5 Å². The monoisotopic (exact) mass is 452 g/mol. The van der Waals surface area contributed by atoms with Gasteiger partial charge < -0.3 is 9.84 Å². The third kappa shape index (κ3) is 6.86. The van der Waals surface area contributed by atoms with Gasteiger partial charge in [-0.1, -0.05) is 39.8 Å². The zero-order valence-electron chi connectivity index (χ0n) is 13.9. The summed E-state index contributed by atoms with van der Waals surface area (Å²) in [5.41, 5.74) is 1.57. The summed E-state index contributed by atoms with van der Waals surface area (Å²) in [6.45, 7) is 1.65. The van der Waals surface area contributed by atoms with Crippen molar-refractivity contribution in [2.75, 3.05) is 0 Å². The number of rotatable bonds is 6. The van der Waals surface area contributed by atoms with Crippen molar-refractivity contribution in [1.82, 2.24) is 0 Å². The molecule has 26 heavy (non-hydrogen) atoms. The molecule has 0 bridgehead atoms. The minimum absolute atomic E-state index is 0.0579. The van der Waals surface area contributed by atoms with E-state index in [0.29, 0.717) is 32.2 Å². The predicted octanol–water partition coefficient (Wildman–Crippen LogP) is 5.77. The van der Waals surface area contributed by atoms with E-state index in [-0.39, 0.29) is 6.42 Å². The van der Waals surface area contributed by atoms with Gasteiger partial charge in [0.25, 0.3) is 0 Å². The van der Waals surface area contributed by atoms with Crippen molar-refractivity contribution in [3.63, 3.8) is 0 Å². The lowest BCUT2D eigenvalue weighted by atomic mass is 10.1. The third-order valence-corrected chi connectivity index (χ3v) is 5.41. The Morgan fingerprint density at radius 2 is 2.00 bits per heavy atom. The zero-order chi connectivity index (χ0) is 19.1. The van der Waals surface area contributed by atoms with E-state index in [9.17, 15) is 4.79 Å². The number of halogens is 1. The Labute approximate surface area is 168 Å². The minimum Gasteiger partial charge on any atom is -0.481 e. The molecule has 0 spiro atoms. The van der Waals surface area contributed by atoms with Crippen LogP contribution in [0.2, 0.25) is 0 Å². The number of hydrogen-bond acceptors (Lipinski definition) is 6. The molecule has 3 N–H and O–H groups in total. The Hall–Kier alpha value is -1.77. The van der Waals surface area contributed by atoms with Gasteiger partial charge in [0.15, 0.2) is 0 Å². The first-order chi connectivity index (χ1) is 12.3. The van der Waals surface area contributed by atoms with Crippen molar-refractivity contribution in [3.8, 4) is 11.5 Å². The number of benzene rings is 2. The van der Waals surface area contributed by atoms with Gasteiger partial charge in [0.05, 0.1) is 11.5 Å². The minimum atomic E-state index is -0.889. The second-order valence-corrected chi connectivity index (χ2v) is 8.69. The number of nitrogens with one attached hydrogen (secondary N) is 2. The number of carboxylic acid groups (broad SMARTS) is 1. The average molecular weight is 453 g/mol. The van der Waals surface area contributed by atoms with Crippen LogP contribution in [0.4, 0.5) is 0 Å². The van der Waals surface area contributed by atoms with E-state index in [1.54, 1.807) is 31.2 Å². The zero-order valence-corrected chi connectivity index (χ0v) is 17.1. The molecule has 136 valence electrons. The van der Waals surface area contributed by atoms with Crippen molar-refractivity contribution >= 4 is 54.8 Å². The molecule has 0 saturated heterocycles. The van der Waals surface area contributed by atoms with E-state index in [1.807, 2.05) is 18.2 Å². The molecule has 0 fully saturated rings. The fourth-order valence-electron chi connectivity index (χ4n) is 2.09. The van der Waals surface area contributed by atoms with Gasteiger partial charge in [0.1, 0.15) is 15.9 Å². The van der Waals surface area contributed by atoms with Crippen molar-refractivity contribution in [2.45, 2.75) is 19.1 Å². The topological polar surface area (TPSA) is 94.2 Å². The van der Waals surface area contributed by atoms with Gasteiger partial charge in [-0.15, -0.1) is 0 Å². The molecule has 0 atom stereocenters. The van der Waals surface area contributed by atoms with Crippen molar-refractivity contribution in [1.29, 1.82) is 10.8 Å². The van der Waals surface area contributed by atoms with Crippen LogP contribution in [-0.4, -0.2) is 20.5 Å². The highest BCUT2D eigenvalue weighted by Crippen LogP contribution is 2.32. The summed E-state index contributed by atoms with van der Waals surface area (Å²) in [6.07, 6.45) is -0.0579. The van der Waals surface area contributed by atoms with Gasteiger partial charge >= 0.3 is 5.97 Å². The normalized spacial score (nSPS) is 10.4. The molecule has 2 rings (SSSR count). The number of carboxylic acids is 1. The summed E-state index contributed by atoms with van der Waals surface area (Å²) in [6, 6.07) is 12.6. The van der Waals surface area contributed by atoms with Crippen LogP contribution in [-0.2, 0) is 17.0 Å². The van der Waals surface area contributed by atoms with Crippen LogP contribution in [0.5, 0.6) is 11.5 Å². The number of hydrogen-bond donors (Lipinski definition) is 3. The highest BCUT2D eigenvalue weighted by Gasteiger charge is 2.10. The first-order valence-corrected chi connectivity index (χ1v) is 10.1. The maximum absolute atomic E-state index is 10.9. The molecule has 0 heterocycles. The molecule has 0 saturated carbocycles.